The molecule has 1 aliphatic rings. The molecule has 0 unspecified atom stereocenters. The average Bonchev–Trinajstić information content (AvgIpc) is 2.72. The van der Waals surface area contributed by atoms with Crippen LogP contribution < -0.4 is 0 Å². The van der Waals surface area contributed by atoms with Crippen LogP contribution in [-0.2, 0) is 9.53 Å². The summed E-state index contributed by atoms with van der Waals surface area (Å²) in [6.07, 6.45) is 0. The zero-order valence-corrected chi connectivity index (χ0v) is 15.1. The first-order valence-corrected chi connectivity index (χ1v) is 9.60. The lowest BCUT2D eigenvalue weighted by Crippen LogP contribution is -2.41. The predicted molar refractivity (Wildman–Crippen MR) is 103 cm³/mol. The second kappa shape index (κ2) is 7.85. The van der Waals surface area contributed by atoms with Crippen LogP contribution in [0.3, 0.4) is 0 Å². The molecule has 0 spiro atoms. The number of benzene rings is 2. The Morgan fingerprint density at radius 2 is 1.73 bits per heavy atom. The van der Waals surface area contributed by atoms with E-state index in [-0.39, 0.29) is 5.91 Å². The Hall–Kier alpha value is -2.44. The fourth-order valence-electron chi connectivity index (χ4n) is 2.97. The number of amides is 1. The molecule has 1 saturated heterocycles. The van der Waals surface area contributed by atoms with Crippen LogP contribution >= 0.6 is 11.8 Å². The monoisotopic (exact) mass is 365 g/mol. The van der Waals surface area contributed by atoms with Crippen LogP contribution in [0.2, 0.25) is 0 Å². The molecule has 0 radical (unpaired) electrons. The maximum absolute atomic E-state index is 12.4. The number of carbonyl (C=O) groups excluding carboxylic acids is 1. The maximum atomic E-state index is 12.4. The molecule has 6 heteroatoms. The summed E-state index contributed by atoms with van der Waals surface area (Å²) in [4.78, 5) is 23.6. The molecule has 0 aliphatic carbocycles. The highest BCUT2D eigenvalue weighted by molar-refractivity contribution is 7.99. The lowest BCUT2D eigenvalue weighted by atomic mass is 10.1. The van der Waals surface area contributed by atoms with Crippen molar-refractivity contribution in [2.45, 2.75) is 5.16 Å². The van der Waals surface area contributed by atoms with Crippen LogP contribution in [0.15, 0.2) is 59.8 Å². The van der Waals surface area contributed by atoms with E-state index in [1.165, 1.54) is 11.8 Å². The number of carbonyl (C=O) groups is 1. The Bertz CT molecular complexity index is 911. The Kier molecular flexibility index (Phi) is 5.13. The molecule has 0 N–H and O–H groups in total. The first kappa shape index (κ1) is 17.0. The zero-order chi connectivity index (χ0) is 17.8. The van der Waals surface area contributed by atoms with Gasteiger partial charge in [0.25, 0.3) is 0 Å². The summed E-state index contributed by atoms with van der Waals surface area (Å²) in [5.41, 5.74) is 2.84. The van der Waals surface area contributed by atoms with Crippen LogP contribution in [-0.4, -0.2) is 52.8 Å². The standard InChI is InChI=1S/C20H19N3O2S/c24-18(23-10-12-25-13-11-23)14-26-20-21-17-9-5-4-8-16(17)19(22-20)15-6-2-1-3-7-15/h1-9H,10-14H2. The molecule has 2 aromatic carbocycles. The number of ether oxygens (including phenoxy) is 1. The molecule has 4 rings (SSSR count). The molecule has 26 heavy (non-hydrogen) atoms. The largest absolute Gasteiger partial charge is 0.378 e. The minimum Gasteiger partial charge on any atom is -0.378 e. The van der Waals surface area contributed by atoms with E-state index in [9.17, 15) is 4.79 Å². The minimum absolute atomic E-state index is 0.108. The van der Waals surface area contributed by atoms with Gasteiger partial charge in [-0.15, -0.1) is 0 Å². The smallest absolute Gasteiger partial charge is 0.233 e. The molecule has 2 heterocycles. The summed E-state index contributed by atoms with van der Waals surface area (Å²) in [5, 5.41) is 1.65. The normalized spacial score (nSPS) is 14.5. The number of aromatic nitrogens is 2. The fourth-order valence-corrected chi connectivity index (χ4v) is 3.72. The van der Waals surface area contributed by atoms with Crippen LogP contribution in [0, 0.1) is 0 Å². The second-order valence-electron chi connectivity index (χ2n) is 6.02. The van der Waals surface area contributed by atoms with E-state index in [2.05, 4.69) is 4.98 Å². The van der Waals surface area contributed by atoms with Crippen LogP contribution in [0.4, 0.5) is 0 Å². The van der Waals surface area contributed by atoms with Crippen molar-refractivity contribution in [3.8, 4) is 11.3 Å². The van der Waals surface area contributed by atoms with Crippen LogP contribution in [0.25, 0.3) is 22.2 Å². The summed E-state index contributed by atoms with van der Waals surface area (Å²) in [7, 11) is 0. The van der Waals surface area contributed by atoms with Gasteiger partial charge in [-0.1, -0.05) is 60.3 Å². The third-order valence-corrected chi connectivity index (χ3v) is 5.15. The molecule has 1 amide bonds. The van der Waals surface area contributed by atoms with Crippen molar-refractivity contribution in [3.05, 3.63) is 54.6 Å². The van der Waals surface area contributed by atoms with Crippen molar-refractivity contribution in [2.24, 2.45) is 0 Å². The van der Waals surface area contributed by atoms with Crippen molar-refractivity contribution in [1.82, 2.24) is 14.9 Å². The summed E-state index contributed by atoms with van der Waals surface area (Å²) >= 11 is 1.39. The average molecular weight is 365 g/mol. The molecule has 1 aliphatic heterocycles. The third kappa shape index (κ3) is 3.71. The van der Waals surface area contributed by atoms with Crippen molar-refractivity contribution in [1.29, 1.82) is 0 Å². The highest BCUT2D eigenvalue weighted by Crippen LogP contribution is 2.28. The number of rotatable bonds is 4. The number of thioether (sulfide) groups is 1. The van der Waals surface area contributed by atoms with Gasteiger partial charge < -0.3 is 9.64 Å². The molecule has 3 aromatic rings. The van der Waals surface area contributed by atoms with E-state index in [4.69, 9.17) is 9.72 Å². The summed E-state index contributed by atoms with van der Waals surface area (Å²) in [5.74, 6) is 0.448. The van der Waals surface area contributed by atoms with Gasteiger partial charge >= 0.3 is 0 Å². The Labute approximate surface area is 156 Å². The molecular formula is C20H19N3O2S. The van der Waals surface area contributed by atoms with Gasteiger partial charge in [-0.05, 0) is 6.07 Å². The highest BCUT2D eigenvalue weighted by atomic mass is 32.2. The maximum Gasteiger partial charge on any atom is 0.233 e. The van der Waals surface area contributed by atoms with Gasteiger partial charge in [-0.25, -0.2) is 9.97 Å². The molecular weight excluding hydrogens is 346 g/mol. The van der Waals surface area contributed by atoms with Crippen molar-refractivity contribution < 1.29 is 9.53 Å². The van der Waals surface area contributed by atoms with E-state index in [0.29, 0.717) is 37.2 Å². The third-order valence-electron chi connectivity index (χ3n) is 4.32. The summed E-state index contributed by atoms with van der Waals surface area (Å²) < 4.78 is 5.30. The van der Waals surface area contributed by atoms with Gasteiger partial charge in [0.2, 0.25) is 5.91 Å². The van der Waals surface area contributed by atoms with E-state index in [0.717, 1.165) is 22.2 Å². The minimum atomic E-state index is 0.108. The Balaban J connectivity index is 1.60. The SMILES string of the molecule is O=C(CSc1nc(-c2ccccc2)c2ccccc2n1)N1CCOCC1. The van der Waals surface area contributed by atoms with Crippen LogP contribution in [0.5, 0.6) is 0 Å². The van der Waals surface area contributed by atoms with E-state index in [1.807, 2.05) is 59.5 Å². The quantitative estimate of drug-likeness (QED) is 0.525. The zero-order valence-electron chi connectivity index (χ0n) is 14.3. The first-order valence-electron chi connectivity index (χ1n) is 8.62. The lowest BCUT2D eigenvalue weighted by Gasteiger charge is -2.26. The van der Waals surface area contributed by atoms with Gasteiger partial charge in [-0.3, -0.25) is 4.79 Å². The molecule has 1 aromatic heterocycles. The molecule has 0 bridgehead atoms. The van der Waals surface area contributed by atoms with Gasteiger partial charge in [0.1, 0.15) is 0 Å². The highest BCUT2D eigenvalue weighted by Gasteiger charge is 2.18. The number of hydrogen-bond donors (Lipinski definition) is 0. The number of hydrogen-bond acceptors (Lipinski definition) is 5. The molecule has 1 fully saturated rings. The van der Waals surface area contributed by atoms with Gasteiger partial charge in [0, 0.05) is 24.0 Å². The molecule has 0 atom stereocenters. The molecule has 132 valence electrons. The topological polar surface area (TPSA) is 55.3 Å². The lowest BCUT2D eigenvalue weighted by molar-refractivity contribution is -0.132. The van der Waals surface area contributed by atoms with Crippen LogP contribution in [0.1, 0.15) is 0 Å². The van der Waals surface area contributed by atoms with Crippen molar-refractivity contribution >= 4 is 28.6 Å². The Morgan fingerprint density at radius 3 is 2.54 bits per heavy atom. The number of morpholine rings is 1. The van der Waals surface area contributed by atoms with Gasteiger partial charge in [0.05, 0.1) is 30.2 Å². The second-order valence-corrected chi connectivity index (χ2v) is 6.96. The van der Waals surface area contributed by atoms with Crippen molar-refractivity contribution in [2.75, 3.05) is 32.1 Å². The summed E-state index contributed by atoms with van der Waals surface area (Å²) in [6, 6.07) is 18.1. The fraction of sp³-hybridized carbons (Fsp3) is 0.250. The molecule has 0 saturated carbocycles. The van der Waals surface area contributed by atoms with Gasteiger partial charge in [0.15, 0.2) is 5.16 Å². The van der Waals surface area contributed by atoms with Crippen molar-refractivity contribution in [3.63, 3.8) is 0 Å². The Morgan fingerprint density at radius 1 is 1.00 bits per heavy atom. The number of fused-ring (bicyclic) bond motifs is 1. The predicted octanol–water partition coefficient (Wildman–Crippen LogP) is 3.25. The number of para-hydroxylation sites is 1. The molecule has 5 nitrogen and oxygen atoms in total. The van der Waals surface area contributed by atoms with E-state index >= 15 is 0 Å². The summed E-state index contributed by atoms with van der Waals surface area (Å²) in [6.45, 7) is 2.54. The number of nitrogens with zero attached hydrogens (tertiary/aromatic N) is 3. The van der Waals surface area contributed by atoms with E-state index in [1.54, 1.807) is 0 Å². The van der Waals surface area contributed by atoms with E-state index < -0.39 is 0 Å². The first-order chi connectivity index (χ1) is 12.8. The van der Waals surface area contributed by atoms with Gasteiger partial charge in [-0.2, -0.15) is 0 Å².